The lowest BCUT2D eigenvalue weighted by atomic mass is 10.2. The third-order valence-electron chi connectivity index (χ3n) is 3.21. The number of nitrogens with two attached hydrogens (primary N) is 1. The minimum absolute atomic E-state index is 0.0518. The molecule has 0 saturated carbocycles. The second-order valence-corrected chi connectivity index (χ2v) is 5.06. The van der Waals surface area contributed by atoms with Crippen molar-refractivity contribution in [3.8, 4) is 5.75 Å². The zero-order chi connectivity index (χ0) is 16.1. The molecule has 0 bridgehead atoms. The summed E-state index contributed by atoms with van der Waals surface area (Å²) in [4.78, 5) is 12.2. The number of nitrogen functional groups attached to an aromatic ring is 1. The lowest BCUT2D eigenvalue weighted by Crippen LogP contribution is -2.32. The molecule has 0 spiro atoms. The van der Waals surface area contributed by atoms with Crippen molar-refractivity contribution >= 4 is 17.3 Å². The number of halogens is 1. The van der Waals surface area contributed by atoms with Crippen LogP contribution < -0.4 is 15.8 Å². The number of ether oxygens (including phenoxy) is 1. The van der Waals surface area contributed by atoms with Crippen LogP contribution in [0, 0.1) is 12.7 Å². The van der Waals surface area contributed by atoms with Crippen LogP contribution in [0.3, 0.4) is 0 Å². The molecule has 0 radical (unpaired) electrons. The number of anilines is 2. The molecule has 2 aromatic carbocycles. The second-order valence-electron chi connectivity index (χ2n) is 5.06. The van der Waals surface area contributed by atoms with Gasteiger partial charge >= 0.3 is 0 Å². The van der Waals surface area contributed by atoms with Gasteiger partial charge in [-0.2, -0.15) is 0 Å². The van der Waals surface area contributed by atoms with Gasteiger partial charge in [-0.25, -0.2) is 4.39 Å². The van der Waals surface area contributed by atoms with Gasteiger partial charge in [0.15, 0.2) is 6.10 Å². The topological polar surface area (TPSA) is 64.3 Å². The fourth-order valence-corrected chi connectivity index (χ4v) is 1.96. The van der Waals surface area contributed by atoms with Crippen LogP contribution in [0.5, 0.6) is 5.75 Å². The standard InChI is InChI=1S/C17H19FN2O2/c1-3-16(22-13-7-4-11(2)5-8-13)17(21)20-15-10-12(19)6-9-14(15)18/h4-10,16H,3,19H2,1-2H3,(H,20,21)/t16-/m1/s1. The first kappa shape index (κ1) is 15.8. The summed E-state index contributed by atoms with van der Waals surface area (Å²) < 4.78 is 19.3. The third kappa shape index (κ3) is 3.97. The SMILES string of the molecule is CC[C@@H](Oc1ccc(C)cc1)C(=O)Nc1cc(N)ccc1F. The molecule has 3 N–H and O–H groups in total. The lowest BCUT2D eigenvalue weighted by Gasteiger charge is -2.17. The van der Waals surface area contributed by atoms with E-state index in [0.717, 1.165) is 5.56 Å². The number of amides is 1. The maximum atomic E-state index is 13.7. The van der Waals surface area contributed by atoms with Crippen LogP contribution in [0.1, 0.15) is 18.9 Å². The van der Waals surface area contributed by atoms with Crippen molar-refractivity contribution in [3.63, 3.8) is 0 Å². The van der Waals surface area contributed by atoms with Gasteiger partial charge in [-0.1, -0.05) is 24.6 Å². The molecule has 116 valence electrons. The predicted molar refractivity (Wildman–Crippen MR) is 85.3 cm³/mol. The Bertz CT molecular complexity index is 656. The maximum Gasteiger partial charge on any atom is 0.265 e. The zero-order valence-corrected chi connectivity index (χ0v) is 12.6. The Morgan fingerprint density at radius 2 is 1.95 bits per heavy atom. The zero-order valence-electron chi connectivity index (χ0n) is 12.6. The summed E-state index contributed by atoms with van der Waals surface area (Å²) in [7, 11) is 0. The van der Waals surface area contributed by atoms with Gasteiger partial charge in [0, 0.05) is 5.69 Å². The van der Waals surface area contributed by atoms with Crippen LogP contribution in [0.15, 0.2) is 42.5 Å². The van der Waals surface area contributed by atoms with Gasteiger partial charge in [0.25, 0.3) is 5.91 Å². The van der Waals surface area contributed by atoms with Crippen LogP contribution in [-0.4, -0.2) is 12.0 Å². The third-order valence-corrected chi connectivity index (χ3v) is 3.21. The number of nitrogens with one attached hydrogen (secondary N) is 1. The summed E-state index contributed by atoms with van der Waals surface area (Å²) in [6, 6.07) is 11.4. The van der Waals surface area contributed by atoms with E-state index in [4.69, 9.17) is 10.5 Å². The Labute approximate surface area is 129 Å². The Morgan fingerprint density at radius 3 is 2.59 bits per heavy atom. The van der Waals surface area contributed by atoms with E-state index in [2.05, 4.69) is 5.32 Å². The van der Waals surface area contributed by atoms with Gasteiger partial charge < -0.3 is 15.8 Å². The Balaban J connectivity index is 2.08. The summed E-state index contributed by atoms with van der Waals surface area (Å²) in [5, 5.41) is 2.51. The van der Waals surface area contributed by atoms with Gasteiger partial charge in [0.2, 0.25) is 0 Å². The first-order valence-corrected chi connectivity index (χ1v) is 7.09. The Morgan fingerprint density at radius 1 is 1.27 bits per heavy atom. The average Bonchev–Trinajstić information content (AvgIpc) is 2.50. The van der Waals surface area contributed by atoms with Crippen LogP contribution >= 0.6 is 0 Å². The smallest absolute Gasteiger partial charge is 0.265 e. The lowest BCUT2D eigenvalue weighted by molar-refractivity contribution is -0.122. The molecule has 1 amide bonds. The van der Waals surface area contributed by atoms with Gasteiger partial charge in [0.05, 0.1) is 5.69 Å². The minimum Gasteiger partial charge on any atom is -0.481 e. The molecule has 0 heterocycles. The van der Waals surface area contributed by atoms with E-state index >= 15 is 0 Å². The number of hydrogen-bond acceptors (Lipinski definition) is 3. The van der Waals surface area contributed by atoms with E-state index in [1.807, 2.05) is 26.0 Å². The molecule has 0 aliphatic rings. The van der Waals surface area contributed by atoms with Crippen molar-refractivity contribution in [2.45, 2.75) is 26.4 Å². The van der Waals surface area contributed by atoms with E-state index in [9.17, 15) is 9.18 Å². The average molecular weight is 302 g/mol. The van der Waals surface area contributed by atoms with Gasteiger partial charge in [-0.3, -0.25) is 4.79 Å². The summed E-state index contributed by atoms with van der Waals surface area (Å²) in [5.74, 6) is -0.346. The number of hydrogen-bond donors (Lipinski definition) is 2. The fraction of sp³-hybridized carbons (Fsp3) is 0.235. The molecular weight excluding hydrogens is 283 g/mol. The Hall–Kier alpha value is -2.56. The first-order chi connectivity index (χ1) is 10.5. The molecule has 2 aromatic rings. The molecule has 0 unspecified atom stereocenters. The number of benzene rings is 2. The maximum absolute atomic E-state index is 13.7. The predicted octanol–water partition coefficient (Wildman–Crippen LogP) is 3.51. The molecular formula is C17H19FN2O2. The quantitative estimate of drug-likeness (QED) is 0.831. The highest BCUT2D eigenvalue weighted by Gasteiger charge is 2.19. The summed E-state index contributed by atoms with van der Waals surface area (Å²) in [6.07, 6.45) is -0.243. The monoisotopic (exact) mass is 302 g/mol. The number of carbonyl (C=O) groups excluding carboxylic acids is 1. The number of aryl methyl sites for hydroxylation is 1. The first-order valence-electron chi connectivity index (χ1n) is 7.09. The van der Waals surface area contributed by atoms with Crippen LogP contribution in [0.25, 0.3) is 0 Å². The second kappa shape index (κ2) is 6.93. The molecule has 0 saturated heterocycles. The normalized spacial score (nSPS) is 11.8. The van der Waals surface area contributed by atoms with Crippen molar-refractivity contribution in [3.05, 3.63) is 53.8 Å². The van der Waals surface area contributed by atoms with E-state index in [-0.39, 0.29) is 5.69 Å². The summed E-state index contributed by atoms with van der Waals surface area (Å²) in [6.45, 7) is 3.80. The highest BCUT2D eigenvalue weighted by Crippen LogP contribution is 2.19. The van der Waals surface area contributed by atoms with Crippen molar-refractivity contribution < 1.29 is 13.9 Å². The van der Waals surface area contributed by atoms with Crippen LogP contribution in [0.2, 0.25) is 0 Å². The van der Waals surface area contributed by atoms with E-state index < -0.39 is 17.8 Å². The van der Waals surface area contributed by atoms with Gasteiger partial charge in [-0.15, -0.1) is 0 Å². The van der Waals surface area contributed by atoms with E-state index in [1.54, 1.807) is 12.1 Å². The molecule has 0 aliphatic carbocycles. The molecule has 0 fully saturated rings. The number of carbonyl (C=O) groups is 1. The van der Waals surface area contributed by atoms with Crippen LogP contribution in [0.4, 0.5) is 15.8 Å². The van der Waals surface area contributed by atoms with Gasteiger partial charge in [-0.05, 0) is 43.7 Å². The van der Waals surface area contributed by atoms with Crippen LogP contribution in [-0.2, 0) is 4.79 Å². The highest BCUT2D eigenvalue weighted by molar-refractivity contribution is 5.94. The summed E-state index contributed by atoms with van der Waals surface area (Å²) >= 11 is 0. The molecule has 4 nitrogen and oxygen atoms in total. The van der Waals surface area contributed by atoms with E-state index in [1.165, 1.54) is 18.2 Å². The molecule has 1 atom stereocenters. The number of rotatable bonds is 5. The minimum atomic E-state index is -0.705. The van der Waals surface area contributed by atoms with Crippen molar-refractivity contribution in [1.82, 2.24) is 0 Å². The molecule has 0 aromatic heterocycles. The van der Waals surface area contributed by atoms with Crippen molar-refractivity contribution in [2.24, 2.45) is 0 Å². The van der Waals surface area contributed by atoms with Crippen molar-refractivity contribution in [1.29, 1.82) is 0 Å². The molecule has 5 heteroatoms. The summed E-state index contributed by atoms with van der Waals surface area (Å²) in [5.41, 5.74) is 7.13. The molecule has 0 aliphatic heterocycles. The van der Waals surface area contributed by atoms with Gasteiger partial charge in [0.1, 0.15) is 11.6 Å². The largest absolute Gasteiger partial charge is 0.481 e. The van der Waals surface area contributed by atoms with Crippen molar-refractivity contribution in [2.75, 3.05) is 11.1 Å². The molecule has 22 heavy (non-hydrogen) atoms. The van der Waals surface area contributed by atoms with E-state index in [0.29, 0.717) is 17.9 Å². The molecule has 2 rings (SSSR count). The Kier molecular flexibility index (Phi) is 4.99. The fourth-order valence-electron chi connectivity index (χ4n) is 1.96. The highest BCUT2D eigenvalue weighted by atomic mass is 19.1.